The van der Waals surface area contributed by atoms with Crippen LogP contribution < -0.4 is 5.32 Å². The Labute approximate surface area is 188 Å². The van der Waals surface area contributed by atoms with Crippen LogP contribution in [-0.4, -0.2) is 52.7 Å². The molecule has 0 aliphatic heterocycles. The third-order valence-corrected chi connectivity index (χ3v) is 6.33. The fourth-order valence-electron chi connectivity index (χ4n) is 4.97. The van der Waals surface area contributed by atoms with E-state index in [-0.39, 0.29) is 11.9 Å². The fourth-order valence-corrected chi connectivity index (χ4v) is 4.97. The van der Waals surface area contributed by atoms with E-state index in [1.165, 1.54) is 29.4 Å². The predicted molar refractivity (Wildman–Crippen MR) is 129 cm³/mol. The van der Waals surface area contributed by atoms with Crippen LogP contribution in [0.1, 0.15) is 41.3 Å². The quantitative estimate of drug-likeness (QED) is 0.497. The summed E-state index contributed by atoms with van der Waals surface area (Å²) in [7, 11) is 4.01. The second-order valence-electron chi connectivity index (χ2n) is 9.13. The monoisotopic (exact) mass is 427 g/mol. The minimum absolute atomic E-state index is 0.0400. The average Bonchev–Trinajstić information content (AvgIpc) is 3.27. The normalized spacial score (nSPS) is 14.6. The Bertz CT molecular complexity index is 1290. The standard InChI is InChI=1S/C26H29N5O/c1-16(15-31(2)3)28-26(32)18-10-8-17(9-11-18)25-20-7-5-4-6-19(20)24-21-14-27-30-22(21)12-13-23(24)29-25/h8-14,16H,4-7,15H2,1-3H3,(H,27,30)(H,28,32). The van der Waals surface area contributed by atoms with Crippen LogP contribution in [0.2, 0.25) is 0 Å². The number of carbonyl (C=O) groups excluding carboxylic acids is 1. The smallest absolute Gasteiger partial charge is 0.251 e. The summed E-state index contributed by atoms with van der Waals surface area (Å²) in [6, 6.07) is 12.1. The van der Waals surface area contributed by atoms with Gasteiger partial charge in [0.05, 0.1) is 22.9 Å². The number of hydrogen-bond donors (Lipinski definition) is 2. The number of likely N-dealkylation sites (N-methyl/N-ethyl adjacent to an activating group) is 1. The van der Waals surface area contributed by atoms with Crippen LogP contribution in [0.5, 0.6) is 0 Å². The maximum absolute atomic E-state index is 12.6. The first-order valence-corrected chi connectivity index (χ1v) is 11.3. The molecule has 0 fully saturated rings. The summed E-state index contributed by atoms with van der Waals surface area (Å²) in [5.74, 6) is -0.0400. The van der Waals surface area contributed by atoms with Gasteiger partial charge in [-0.3, -0.25) is 9.89 Å². The second-order valence-corrected chi connectivity index (χ2v) is 9.13. The molecular formula is C26H29N5O. The van der Waals surface area contributed by atoms with Gasteiger partial charge < -0.3 is 10.2 Å². The van der Waals surface area contributed by atoms with Gasteiger partial charge in [-0.25, -0.2) is 4.98 Å². The summed E-state index contributed by atoms with van der Waals surface area (Å²) in [6.45, 7) is 2.83. The predicted octanol–water partition coefficient (Wildman–Crippen LogP) is 4.34. The zero-order chi connectivity index (χ0) is 22.2. The van der Waals surface area contributed by atoms with Gasteiger partial charge in [-0.2, -0.15) is 5.10 Å². The Hall–Kier alpha value is -3.25. The van der Waals surface area contributed by atoms with Crippen LogP contribution in [0.25, 0.3) is 33.1 Å². The number of aromatic amines is 1. The van der Waals surface area contributed by atoms with Crippen molar-refractivity contribution in [2.75, 3.05) is 20.6 Å². The van der Waals surface area contributed by atoms with Gasteiger partial charge in [0.25, 0.3) is 5.91 Å². The van der Waals surface area contributed by atoms with Gasteiger partial charge in [0.15, 0.2) is 0 Å². The minimum Gasteiger partial charge on any atom is -0.348 e. The molecular weight excluding hydrogens is 398 g/mol. The van der Waals surface area contributed by atoms with Crippen molar-refractivity contribution in [3.8, 4) is 11.3 Å². The van der Waals surface area contributed by atoms with Crippen molar-refractivity contribution in [2.45, 2.75) is 38.6 Å². The lowest BCUT2D eigenvalue weighted by Gasteiger charge is -2.22. The van der Waals surface area contributed by atoms with Crippen LogP contribution >= 0.6 is 0 Å². The zero-order valence-corrected chi connectivity index (χ0v) is 18.9. The molecule has 2 aromatic heterocycles. The Balaban J connectivity index is 1.52. The van der Waals surface area contributed by atoms with Crippen molar-refractivity contribution in [1.82, 2.24) is 25.4 Å². The second kappa shape index (κ2) is 8.36. The maximum atomic E-state index is 12.6. The highest BCUT2D eigenvalue weighted by atomic mass is 16.1. The topological polar surface area (TPSA) is 73.9 Å². The number of fused-ring (bicyclic) bond motifs is 5. The highest BCUT2D eigenvalue weighted by Crippen LogP contribution is 2.37. The average molecular weight is 428 g/mol. The first-order chi connectivity index (χ1) is 15.5. The van der Waals surface area contributed by atoms with Crippen molar-refractivity contribution in [2.24, 2.45) is 0 Å². The lowest BCUT2D eigenvalue weighted by Crippen LogP contribution is -2.39. The summed E-state index contributed by atoms with van der Waals surface area (Å²) >= 11 is 0. The molecule has 6 nitrogen and oxygen atoms in total. The lowest BCUT2D eigenvalue weighted by molar-refractivity contribution is 0.0934. The van der Waals surface area contributed by atoms with E-state index >= 15 is 0 Å². The number of hydrogen-bond acceptors (Lipinski definition) is 4. The van der Waals surface area contributed by atoms with Crippen molar-refractivity contribution < 1.29 is 4.79 Å². The molecule has 2 N–H and O–H groups in total. The SMILES string of the molecule is CC(CN(C)C)NC(=O)c1ccc(-c2nc3ccc4[nH]ncc4c3c3c2CCCC3)cc1. The molecule has 0 radical (unpaired) electrons. The molecule has 0 spiro atoms. The van der Waals surface area contributed by atoms with Gasteiger partial charge in [0.2, 0.25) is 0 Å². The van der Waals surface area contributed by atoms with Crippen LogP contribution in [0.15, 0.2) is 42.6 Å². The van der Waals surface area contributed by atoms with E-state index in [4.69, 9.17) is 4.98 Å². The number of H-pyrrole nitrogens is 1. The van der Waals surface area contributed by atoms with Crippen molar-refractivity contribution >= 4 is 27.7 Å². The van der Waals surface area contributed by atoms with Crippen LogP contribution in [0, 0.1) is 0 Å². The van der Waals surface area contributed by atoms with Crippen molar-refractivity contribution in [3.05, 3.63) is 59.3 Å². The molecule has 1 atom stereocenters. The Morgan fingerprint density at radius 1 is 1.09 bits per heavy atom. The number of rotatable bonds is 5. The Morgan fingerprint density at radius 2 is 1.84 bits per heavy atom. The number of amides is 1. The molecule has 32 heavy (non-hydrogen) atoms. The lowest BCUT2D eigenvalue weighted by atomic mass is 9.85. The number of carbonyl (C=O) groups is 1. The van der Waals surface area contributed by atoms with Gasteiger partial charge in [0, 0.05) is 34.5 Å². The molecule has 0 saturated heterocycles. The van der Waals surface area contributed by atoms with E-state index in [0.29, 0.717) is 5.56 Å². The number of pyridine rings is 1. The van der Waals surface area contributed by atoms with E-state index in [1.54, 1.807) is 0 Å². The summed E-state index contributed by atoms with van der Waals surface area (Å²) in [5, 5.41) is 12.8. The molecule has 1 aliphatic carbocycles. The van der Waals surface area contributed by atoms with Gasteiger partial charge in [0.1, 0.15) is 0 Å². The van der Waals surface area contributed by atoms with E-state index in [9.17, 15) is 4.79 Å². The number of nitrogens with zero attached hydrogens (tertiary/aromatic N) is 3. The highest BCUT2D eigenvalue weighted by molar-refractivity contribution is 6.07. The molecule has 0 bridgehead atoms. The largest absolute Gasteiger partial charge is 0.348 e. The maximum Gasteiger partial charge on any atom is 0.251 e. The van der Waals surface area contributed by atoms with Crippen LogP contribution in [-0.2, 0) is 12.8 Å². The molecule has 5 rings (SSSR count). The third kappa shape index (κ3) is 3.75. The summed E-state index contributed by atoms with van der Waals surface area (Å²) < 4.78 is 0. The molecule has 6 heteroatoms. The van der Waals surface area contributed by atoms with E-state index < -0.39 is 0 Å². The molecule has 164 valence electrons. The number of aromatic nitrogens is 3. The van der Waals surface area contributed by atoms with Gasteiger partial charge in [-0.15, -0.1) is 0 Å². The first kappa shape index (κ1) is 20.6. The van der Waals surface area contributed by atoms with Crippen LogP contribution in [0.3, 0.4) is 0 Å². The number of aryl methyl sites for hydroxylation is 1. The number of benzene rings is 2. The van der Waals surface area contributed by atoms with E-state index in [1.807, 2.05) is 51.5 Å². The van der Waals surface area contributed by atoms with Crippen LogP contribution in [0.4, 0.5) is 0 Å². The molecule has 2 aromatic carbocycles. The minimum atomic E-state index is -0.0400. The summed E-state index contributed by atoms with van der Waals surface area (Å²) in [5.41, 5.74) is 7.59. The van der Waals surface area contributed by atoms with Gasteiger partial charge in [-0.05, 0) is 82.1 Å². The molecule has 2 heterocycles. The van der Waals surface area contributed by atoms with Crippen molar-refractivity contribution in [1.29, 1.82) is 0 Å². The molecule has 4 aromatic rings. The Kier molecular flexibility index (Phi) is 5.39. The molecule has 1 amide bonds. The Morgan fingerprint density at radius 3 is 2.59 bits per heavy atom. The highest BCUT2D eigenvalue weighted by Gasteiger charge is 2.21. The summed E-state index contributed by atoms with van der Waals surface area (Å²) in [4.78, 5) is 19.8. The zero-order valence-electron chi connectivity index (χ0n) is 18.9. The summed E-state index contributed by atoms with van der Waals surface area (Å²) in [6.07, 6.45) is 6.39. The molecule has 1 unspecified atom stereocenters. The first-order valence-electron chi connectivity index (χ1n) is 11.3. The van der Waals surface area contributed by atoms with Gasteiger partial charge >= 0.3 is 0 Å². The van der Waals surface area contributed by atoms with E-state index in [0.717, 1.165) is 47.1 Å². The van der Waals surface area contributed by atoms with E-state index in [2.05, 4.69) is 32.5 Å². The fraction of sp³-hybridized carbons (Fsp3) is 0.346. The number of nitrogens with one attached hydrogen (secondary N) is 2. The molecule has 1 aliphatic rings. The van der Waals surface area contributed by atoms with Crippen molar-refractivity contribution in [3.63, 3.8) is 0 Å². The van der Waals surface area contributed by atoms with Gasteiger partial charge in [-0.1, -0.05) is 12.1 Å². The molecule has 0 saturated carbocycles. The third-order valence-electron chi connectivity index (χ3n) is 6.33.